The molecule has 5 nitrogen and oxygen atoms in total. The molecule has 1 aromatic carbocycles. The molecule has 2 heterocycles. The maximum absolute atomic E-state index is 4.65. The van der Waals surface area contributed by atoms with Crippen molar-refractivity contribution in [2.45, 2.75) is 51.2 Å². The van der Waals surface area contributed by atoms with E-state index in [0.29, 0.717) is 12.1 Å². The Balaban J connectivity index is 1.30. The van der Waals surface area contributed by atoms with Crippen LogP contribution in [0.4, 0.5) is 11.8 Å². The van der Waals surface area contributed by atoms with Gasteiger partial charge in [0.1, 0.15) is 5.82 Å². The molecule has 0 amide bonds. The predicted molar refractivity (Wildman–Crippen MR) is 102 cm³/mol. The van der Waals surface area contributed by atoms with Gasteiger partial charge in [-0.25, -0.2) is 4.98 Å². The first kappa shape index (κ1) is 16.3. The van der Waals surface area contributed by atoms with Gasteiger partial charge >= 0.3 is 0 Å². The Hall–Kier alpha value is -2.14. The second-order valence-electron chi connectivity index (χ2n) is 7.32. The van der Waals surface area contributed by atoms with Gasteiger partial charge in [0.05, 0.1) is 0 Å². The maximum atomic E-state index is 4.65. The fourth-order valence-corrected chi connectivity index (χ4v) is 3.40. The van der Waals surface area contributed by atoms with E-state index < -0.39 is 0 Å². The Morgan fingerprint density at radius 2 is 1.68 bits per heavy atom. The number of benzene rings is 1. The predicted octanol–water partition coefficient (Wildman–Crippen LogP) is 3.44. The van der Waals surface area contributed by atoms with Gasteiger partial charge in [-0.1, -0.05) is 30.3 Å². The van der Waals surface area contributed by atoms with Crippen molar-refractivity contribution in [3.05, 3.63) is 47.7 Å². The number of hydrogen-bond donors (Lipinski definition) is 2. The summed E-state index contributed by atoms with van der Waals surface area (Å²) in [6.45, 7) is 5.31. The molecule has 0 radical (unpaired) electrons. The highest BCUT2D eigenvalue weighted by atomic mass is 15.2. The molecule has 1 saturated carbocycles. The van der Waals surface area contributed by atoms with Crippen molar-refractivity contribution in [2.75, 3.05) is 23.7 Å². The van der Waals surface area contributed by atoms with Gasteiger partial charge in [-0.05, 0) is 38.2 Å². The molecule has 2 aromatic rings. The van der Waals surface area contributed by atoms with Crippen LogP contribution in [0.1, 0.15) is 36.9 Å². The monoisotopic (exact) mass is 337 g/mol. The molecule has 2 aliphatic rings. The lowest BCUT2D eigenvalue weighted by Gasteiger charge is -2.32. The Morgan fingerprint density at radius 1 is 0.960 bits per heavy atom. The highest BCUT2D eigenvalue weighted by molar-refractivity contribution is 5.44. The van der Waals surface area contributed by atoms with E-state index in [1.807, 2.05) is 13.0 Å². The van der Waals surface area contributed by atoms with Crippen LogP contribution >= 0.6 is 0 Å². The Bertz CT molecular complexity index is 690. The Labute approximate surface area is 149 Å². The van der Waals surface area contributed by atoms with E-state index in [1.54, 1.807) is 0 Å². The number of hydrogen-bond acceptors (Lipinski definition) is 5. The number of aromatic nitrogens is 2. The first-order chi connectivity index (χ1) is 12.2. The topological polar surface area (TPSA) is 53.1 Å². The third-order valence-electron chi connectivity index (χ3n) is 4.95. The van der Waals surface area contributed by atoms with Crippen LogP contribution in [0.15, 0.2) is 36.4 Å². The first-order valence-electron chi connectivity index (χ1n) is 9.40. The normalized spacial score (nSPS) is 18.9. The molecule has 4 rings (SSSR count). The number of anilines is 2. The first-order valence-corrected chi connectivity index (χ1v) is 9.40. The lowest BCUT2D eigenvalue weighted by molar-refractivity contribution is 0.211. The van der Waals surface area contributed by atoms with Crippen LogP contribution in [-0.2, 0) is 6.54 Å². The fourth-order valence-electron chi connectivity index (χ4n) is 3.40. The van der Waals surface area contributed by atoms with Crippen molar-refractivity contribution < 1.29 is 0 Å². The molecular formula is C20H27N5. The Morgan fingerprint density at radius 3 is 2.40 bits per heavy atom. The van der Waals surface area contributed by atoms with Crippen molar-refractivity contribution in [1.29, 1.82) is 0 Å². The molecule has 0 unspecified atom stereocenters. The summed E-state index contributed by atoms with van der Waals surface area (Å²) in [5.74, 6) is 1.73. The molecule has 1 aliphatic heterocycles. The largest absolute Gasteiger partial charge is 0.367 e. The standard InChI is InChI=1S/C20H27N5/c1-15-13-19(22-17-7-8-17)24-20(21-15)23-18-9-11-25(12-10-18)14-16-5-3-2-4-6-16/h2-6,13,17-18H,7-12,14H2,1H3,(H2,21,22,23,24). The molecule has 0 atom stereocenters. The zero-order valence-electron chi connectivity index (χ0n) is 14.9. The van der Waals surface area contributed by atoms with Crippen LogP contribution in [0, 0.1) is 6.92 Å². The number of likely N-dealkylation sites (tertiary alicyclic amines) is 1. The van der Waals surface area contributed by atoms with Crippen molar-refractivity contribution >= 4 is 11.8 Å². The summed E-state index contributed by atoms with van der Waals surface area (Å²) >= 11 is 0. The highest BCUT2D eigenvalue weighted by Crippen LogP contribution is 2.25. The molecule has 1 aliphatic carbocycles. The third-order valence-corrected chi connectivity index (χ3v) is 4.95. The number of nitrogens with zero attached hydrogens (tertiary/aromatic N) is 3. The molecule has 1 saturated heterocycles. The summed E-state index contributed by atoms with van der Waals surface area (Å²) in [7, 11) is 0. The summed E-state index contributed by atoms with van der Waals surface area (Å²) in [5, 5.41) is 7.02. The van der Waals surface area contributed by atoms with E-state index in [1.165, 1.54) is 18.4 Å². The second-order valence-corrected chi connectivity index (χ2v) is 7.32. The van der Waals surface area contributed by atoms with Gasteiger partial charge in [0.25, 0.3) is 0 Å². The van der Waals surface area contributed by atoms with E-state index in [0.717, 1.165) is 49.9 Å². The van der Waals surface area contributed by atoms with Crippen LogP contribution in [0.5, 0.6) is 0 Å². The molecule has 132 valence electrons. The molecule has 25 heavy (non-hydrogen) atoms. The molecule has 2 N–H and O–H groups in total. The maximum Gasteiger partial charge on any atom is 0.225 e. The minimum Gasteiger partial charge on any atom is -0.367 e. The Kier molecular flexibility index (Phi) is 4.83. The van der Waals surface area contributed by atoms with Gasteiger partial charge in [0.15, 0.2) is 0 Å². The number of rotatable bonds is 6. The quantitative estimate of drug-likeness (QED) is 0.846. The fraction of sp³-hybridized carbons (Fsp3) is 0.500. The van der Waals surface area contributed by atoms with Crippen LogP contribution < -0.4 is 10.6 Å². The van der Waals surface area contributed by atoms with E-state index in [4.69, 9.17) is 0 Å². The number of nitrogens with one attached hydrogen (secondary N) is 2. The lowest BCUT2D eigenvalue weighted by atomic mass is 10.0. The van der Waals surface area contributed by atoms with Gasteiger partial charge in [-0.2, -0.15) is 4.98 Å². The van der Waals surface area contributed by atoms with E-state index in [2.05, 4.69) is 55.8 Å². The van der Waals surface area contributed by atoms with Crippen molar-refractivity contribution in [2.24, 2.45) is 0 Å². The van der Waals surface area contributed by atoms with Gasteiger partial charge < -0.3 is 10.6 Å². The summed E-state index contributed by atoms with van der Waals surface area (Å²) in [6.07, 6.45) is 4.78. The van der Waals surface area contributed by atoms with Gasteiger partial charge in [-0.3, -0.25) is 4.90 Å². The summed E-state index contributed by atoms with van der Waals surface area (Å²) in [6, 6.07) is 13.8. The minimum atomic E-state index is 0.461. The van der Waals surface area contributed by atoms with Crippen LogP contribution in [0.2, 0.25) is 0 Å². The summed E-state index contributed by atoms with van der Waals surface area (Å²) in [5.41, 5.74) is 2.41. The van der Waals surface area contributed by atoms with Crippen molar-refractivity contribution in [3.8, 4) is 0 Å². The second kappa shape index (κ2) is 7.40. The van der Waals surface area contributed by atoms with Gasteiger partial charge in [0.2, 0.25) is 5.95 Å². The summed E-state index contributed by atoms with van der Waals surface area (Å²) in [4.78, 5) is 11.7. The average Bonchev–Trinajstić information content (AvgIpc) is 3.41. The van der Waals surface area contributed by atoms with Gasteiger partial charge in [-0.15, -0.1) is 0 Å². The van der Waals surface area contributed by atoms with E-state index in [9.17, 15) is 0 Å². The van der Waals surface area contributed by atoms with Crippen molar-refractivity contribution in [3.63, 3.8) is 0 Å². The number of piperidine rings is 1. The molecule has 5 heteroatoms. The van der Waals surface area contributed by atoms with Crippen LogP contribution in [0.25, 0.3) is 0 Å². The summed E-state index contributed by atoms with van der Waals surface area (Å²) < 4.78 is 0. The third kappa shape index (κ3) is 4.69. The number of aryl methyl sites for hydroxylation is 1. The van der Waals surface area contributed by atoms with Crippen LogP contribution in [-0.4, -0.2) is 40.0 Å². The van der Waals surface area contributed by atoms with Crippen molar-refractivity contribution in [1.82, 2.24) is 14.9 Å². The zero-order chi connectivity index (χ0) is 17.1. The molecule has 0 spiro atoms. The van der Waals surface area contributed by atoms with E-state index in [-0.39, 0.29) is 0 Å². The van der Waals surface area contributed by atoms with E-state index >= 15 is 0 Å². The minimum absolute atomic E-state index is 0.461. The smallest absolute Gasteiger partial charge is 0.225 e. The zero-order valence-corrected chi connectivity index (χ0v) is 14.9. The lowest BCUT2D eigenvalue weighted by Crippen LogP contribution is -2.39. The molecule has 0 bridgehead atoms. The SMILES string of the molecule is Cc1cc(NC2CC2)nc(NC2CCN(Cc3ccccc3)CC2)n1. The highest BCUT2D eigenvalue weighted by Gasteiger charge is 2.23. The van der Waals surface area contributed by atoms with Gasteiger partial charge in [0, 0.05) is 43.5 Å². The molecule has 2 fully saturated rings. The molecular weight excluding hydrogens is 310 g/mol. The average molecular weight is 337 g/mol. The molecule has 1 aromatic heterocycles. The van der Waals surface area contributed by atoms with Crippen LogP contribution in [0.3, 0.4) is 0 Å².